The Balaban J connectivity index is 2.45. The van der Waals surface area contributed by atoms with Crippen LogP contribution in [0.15, 0.2) is 4.99 Å². The second-order valence-corrected chi connectivity index (χ2v) is 2.46. The van der Waals surface area contributed by atoms with Crippen LogP contribution in [0.5, 0.6) is 0 Å². The van der Waals surface area contributed by atoms with Crippen LogP contribution in [0.3, 0.4) is 0 Å². The summed E-state index contributed by atoms with van der Waals surface area (Å²) >= 11 is 5.69. The van der Waals surface area contributed by atoms with Gasteiger partial charge >= 0.3 is 0 Å². The molecule has 0 aromatic rings. The lowest BCUT2D eigenvalue weighted by atomic mass is 10.4. The summed E-state index contributed by atoms with van der Waals surface area (Å²) in [6.45, 7) is 3.75. The average molecular weight is 133 g/mol. The summed E-state index contributed by atoms with van der Waals surface area (Å²) in [5.74, 6) is 0.937. The molecular weight excluding hydrogens is 124 g/mol. The smallest absolute Gasteiger partial charge is 0.114 e. The van der Waals surface area contributed by atoms with E-state index in [4.69, 9.17) is 11.6 Å². The largest absolute Gasteiger partial charge is 0.371 e. The summed E-state index contributed by atoms with van der Waals surface area (Å²) in [7, 11) is 0. The highest BCUT2D eigenvalue weighted by Crippen LogP contribution is 1.98. The van der Waals surface area contributed by atoms with Crippen molar-refractivity contribution < 1.29 is 0 Å². The lowest BCUT2D eigenvalue weighted by Gasteiger charge is -2.00. The maximum Gasteiger partial charge on any atom is 0.114 e. The summed E-state index contributed by atoms with van der Waals surface area (Å²) < 4.78 is 0. The number of halogens is 1. The van der Waals surface area contributed by atoms with Crippen LogP contribution in [-0.2, 0) is 0 Å². The summed E-state index contributed by atoms with van der Waals surface area (Å²) in [5.41, 5.74) is 0. The Kier molecular flexibility index (Phi) is 1.73. The van der Waals surface area contributed by atoms with Crippen molar-refractivity contribution in [3.05, 3.63) is 0 Å². The van der Waals surface area contributed by atoms with Crippen LogP contribution < -0.4 is 5.32 Å². The molecule has 2 nitrogen and oxygen atoms in total. The molecule has 0 saturated heterocycles. The predicted octanol–water partition coefficient (Wildman–Crippen LogP) is 0.615. The number of hydrogen-bond acceptors (Lipinski definition) is 2. The Hall–Kier alpha value is -0.240. The molecular formula is C5H9ClN2. The van der Waals surface area contributed by atoms with Crippen LogP contribution in [0, 0.1) is 0 Å². The maximum absolute atomic E-state index is 5.69. The van der Waals surface area contributed by atoms with Crippen molar-refractivity contribution in [2.45, 2.75) is 12.3 Å². The normalized spacial score (nSPS) is 22.0. The zero-order valence-electron chi connectivity index (χ0n) is 4.82. The lowest BCUT2D eigenvalue weighted by molar-refractivity contribution is 0.951. The third kappa shape index (κ3) is 1.13. The minimum Gasteiger partial charge on any atom is -0.371 e. The van der Waals surface area contributed by atoms with Gasteiger partial charge in [-0.1, -0.05) is 0 Å². The quantitative estimate of drug-likeness (QED) is 0.520. The van der Waals surface area contributed by atoms with E-state index in [2.05, 4.69) is 10.3 Å². The van der Waals surface area contributed by atoms with Gasteiger partial charge in [-0.25, -0.2) is 0 Å². The highest BCUT2D eigenvalue weighted by molar-refractivity contribution is 6.31. The molecule has 0 aromatic heterocycles. The van der Waals surface area contributed by atoms with E-state index < -0.39 is 0 Å². The highest BCUT2D eigenvalue weighted by Gasteiger charge is 2.08. The van der Waals surface area contributed by atoms with Crippen LogP contribution in [0.1, 0.15) is 6.92 Å². The minimum atomic E-state index is 0.0532. The van der Waals surface area contributed by atoms with Crippen LogP contribution >= 0.6 is 11.6 Å². The van der Waals surface area contributed by atoms with Gasteiger partial charge in [0, 0.05) is 6.54 Å². The molecule has 1 heterocycles. The van der Waals surface area contributed by atoms with Crippen molar-refractivity contribution in [2.75, 3.05) is 13.1 Å². The van der Waals surface area contributed by atoms with Gasteiger partial charge in [0.25, 0.3) is 0 Å². The SMILES string of the molecule is CC(Cl)C1=NCCN1. The van der Waals surface area contributed by atoms with Gasteiger partial charge in [0.15, 0.2) is 0 Å². The zero-order chi connectivity index (χ0) is 5.98. The number of hydrogen-bond donors (Lipinski definition) is 1. The Morgan fingerprint density at radius 3 is 2.88 bits per heavy atom. The van der Waals surface area contributed by atoms with E-state index in [1.54, 1.807) is 0 Å². The van der Waals surface area contributed by atoms with Crippen molar-refractivity contribution in [2.24, 2.45) is 4.99 Å². The molecule has 1 N–H and O–H groups in total. The molecule has 0 bridgehead atoms. The van der Waals surface area contributed by atoms with Gasteiger partial charge in [0.2, 0.25) is 0 Å². The van der Waals surface area contributed by atoms with Crippen molar-refractivity contribution >= 4 is 17.4 Å². The molecule has 1 atom stereocenters. The van der Waals surface area contributed by atoms with Gasteiger partial charge in [0.05, 0.1) is 11.9 Å². The number of aliphatic imine (C=N–C) groups is 1. The molecule has 1 aliphatic rings. The van der Waals surface area contributed by atoms with Gasteiger partial charge in [-0.3, -0.25) is 4.99 Å². The Bertz CT molecular complexity index is 109. The first kappa shape index (κ1) is 5.89. The van der Waals surface area contributed by atoms with E-state index in [0.717, 1.165) is 18.9 Å². The first-order valence-corrected chi connectivity index (χ1v) is 3.16. The summed E-state index contributed by atoms with van der Waals surface area (Å²) in [6.07, 6.45) is 0. The van der Waals surface area contributed by atoms with Crippen molar-refractivity contribution in [3.8, 4) is 0 Å². The molecule has 1 rings (SSSR count). The van der Waals surface area contributed by atoms with E-state index in [9.17, 15) is 0 Å². The second-order valence-electron chi connectivity index (χ2n) is 1.81. The standard InChI is InChI=1S/C5H9ClN2/c1-4(6)5-7-2-3-8-5/h4H,2-3H2,1H3,(H,7,8). The monoisotopic (exact) mass is 132 g/mol. The Labute approximate surface area is 53.9 Å². The summed E-state index contributed by atoms with van der Waals surface area (Å²) in [5, 5.41) is 3.13. The molecule has 3 heteroatoms. The van der Waals surface area contributed by atoms with Gasteiger partial charge < -0.3 is 5.32 Å². The third-order valence-corrected chi connectivity index (χ3v) is 1.28. The van der Waals surface area contributed by atoms with E-state index >= 15 is 0 Å². The van der Waals surface area contributed by atoms with Crippen molar-refractivity contribution in [1.82, 2.24) is 5.32 Å². The first-order valence-electron chi connectivity index (χ1n) is 2.73. The van der Waals surface area contributed by atoms with Gasteiger partial charge in [-0.15, -0.1) is 11.6 Å². The summed E-state index contributed by atoms with van der Waals surface area (Å²) in [6, 6.07) is 0. The number of rotatable bonds is 1. The van der Waals surface area contributed by atoms with Gasteiger partial charge in [-0.2, -0.15) is 0 Å². The number of nitrogens with zero attached hydrogens (tertiary/aromatic N) is 1. The fourth-order valence-electron chi connectivity index (χ4n) is 0.683. The van der Waals surface area contributed by atoms with E-state index in [0.29, 0.717) is 0 Å². The number of amidine groups is 1. The molecule has 0 saturated carbocycles. The fraction of sp³-hybridized carbons (Fsp3) is 0.800. The van der Waals surface area contributed by atoms with Gasteiger partial charge in [0.1, 0.15) is 5.84 Å². The van der Waals surface area contributed by atoms with E-state index in [1.807, 2.05) is 6.92 Å². The van der Waals surface area contributed by atoms with Crippen LogP contribution in [0.2, 0.25) is 0 Å². The predicted molar refractivity (Wildman–Crippen MR) is 35.6 cm³/mol. The van der Waals surface area contributed by atoms with Crippen LogP contribution in [0.4, 0.5) is 0 Å². The second kappa shape index (κ2) is 2.35. The Morgan fingerprint density at radius 2 is 2.62 bits per heavy atom. The molecule has 8 heavy (non-hydrogen) atoms. The molecule has 1 unspecified atom stereocenters. The van der Waals surface area contributed by atoms with E-state index in [-0.39, 0.29) is 5.38 Å². The number of nitrogens with one attached hydrogen (secondary N) is 1. The molecule has 0 aliphatic carbocycles. The van der Waals surface area contributed by atoms with Crippen LogP contribution in [0.25, 0.3) is 0 Å². The maximum atomic E-state index is 5.69. The molecule has 0 aromatic carbocycles. The van der Waals surface area contributed by atoms with Crippen LogP contribution in [-0.4, -0.2) is 24.3 Å². The minimum absolute atomic E-state index is 0.0532. The van der Waals surface area contributed by atoms with E-state index in [1.165, 1.54) is 0 Å². The molecule has 0 radical (unpaired) electrons. The zero-order valence-corrected chi connectivity index (χ0v) is 5.57. The molecule has 1 aliphatic heterocycles. The average Bonchev–Trinajstić information content (AvgIpc) is 2.12. The highest BCUT2D eigenvalue weighted by atomic mass is 35.5. The van der Waals surface area contributed by atoms with Crippen molar-refractivity contribution in [3.63, 3.8) is 0 Å². The van der Waals surface area contributed by atoms with Gasteiger partial charge in [-0.05, 0) is 6.92 Å². The molecule has 0 fully saturated rings. The first-order chi connectivity index (χ1) is 3.80. The molecule has 0 spiro atoms. The number of alkyl halides is 1. The lowest BCUT2D eigenvalue weighted by Crippen LogP contribution is -2.25. The Morgan fingerprint density at radius 1 is 1.88 bits per heavy atom. The third-order valence-electron chi connectivity index (χ3n) is 1.08. The topological polar surface area (TPSA) is 24.4 Å². The molecule has 0 amide bonds. The van der Waals surface area contributed by atoms with Crippen molar-refractivity contribution in [1.29, 1.82) is 0 Å². The molecule has 46 valence electrons. The summed E-state index contributed by atoms with van der Waals surface area (Å²) in [4.78, 5) is 4.11. The fourth-order valence-corrected chi connectivity index (χ4v) is 0.829.